The van der Waals surface area contributed by atoms with E-state index < -0.39 is 12.0 Å². The largest absolute Gasteiger partial charge is 0.480 e. The van der Waals surface area contributed by atoms with Crippen molar-refractivity contribution in [3.8, 4) is 0 Å². The molecule has 8 nitrogen and oxygen atoms in total. The molecule has 1 N–H and O–H groups in total. The number of carbonyl (C=O) groups excluding carboxylic acids is 1. The van der Waals surface area contributed by atoms with Gasteiger partial charge in [0.15, 0.2) is 0 Å². The summed E-state index contributed by atoms with van der Waals surface area (Å²) < 4.78 is 1.81. The Hall–Kier alpha value is -3.26. The van der Waals surface area contributed by atoms with E-state index in [0.29, 0.717) is 18.2 Å². The fraction of sp³-hybridized carbons (Fsp3) is 0.333. The van der Waals surface area contributed by atoms with Crippen LogP contribution in [0.5, 0.6) is 0 Å². The monoisotopic (exact) mass is 393 g/mol. The first kappa shape index (κ1) is 19.1. The van der Waals surface area contributed by atoms with Crippen LogP contribution in [0.2, 0.25) is 0 Å². The lowest BCUT2D eigenvalue weighted by atomic mass is 10.1. The summed E-state index contributed by atoms with van der Waals surface area (Å²) in [6, 6.07) is 13.0. The number of fused-ring (bicyclic) bond motifs is 2. The van der Waals surface area contributed by atoms with Crippen LogP contribution in [0.3, 0.4) is 0 Å². The summed E-state index contributed by atoms with van der Waals surface area (Å²) in [6.07, 6.45) is 0. The molecule has 1 atom stereocenters. The van der Waals surface area contributed by atoms with E-state index in [0.717, 1.165) is 16.5 Å². The molecule has 8 heteroatoms. The second kappa shape index (κ2) is 7.63. The van der Waals surface area contributed by atoms with E-state index >= 15 is 0 Å². The molecule has 0 saturated carbocycles. The van der Waals surface area contributed by atoms with E-state index in [1.54, 1.807) is 16.7 Å². The SMILES string of the molecule is CCN(C(=O)CN1Cc2nnc(C)n2CC1C(=O)O)c1cccc2ccccc12. The summed E-state index contributed by atoms with van der Waals surface area (Å²) in [6.45, 7) is 4.72. The number of carboxylic acid groups (broad SMARTS) is 1. The summed E-state index contributed by atoms with van der Waals surface area (Å²) in [4.78, 5) is 28.5. The van der Waals surface area contributed by atoms with E-state index in [4.69, 9.17) is 0 Å². The first-order valence-corrected chi connectivity index (χ1v) is 9.63. The number of benzene rings is 2. The molecule has 0 saturated heterocycles. The molecule has 1 aliphatic rings. The number of aromatic nitrogens is 3. The molecule has 1 aliphatic heterocycles. The third-order valence-electron chi connectivity index (χ3n) is 5.45. The molecule has 1 unspecified atom stereocenters. The van der Waals surface area contributed by atoms with Crippen molar-refractivity contribution >= 4 is 28.3 Å². The molecule has 2 aromatic carbocycles. The minimum absolute atomic E-state index is 0.0000640. The summed E-state index contributed by atoms with van der Waals surface area (Å²) in [7, 11) is 0. The minimum Gasteiger partial charge on any atom is -0.480 e. The van der Waals surface area contributed by atoms with Crippen molar-refractivity contribution in [1.82, 2.24) is 19.7 Å². The van der Waals surface area contributed by atoms with Gasteiger partial charge in [-0.05, 0) is 25.3 Å². The van der Waals surface area contributed by atoms with E-state index in [1.165, 1.54) is 0 Å². The van der Waals surface area contributed by atoms with E-state index in [1.807, 2.05) is 54.0 Å². The Bertz CT molecular complexity index is 1070. The van der Waals surface area contributed by atoms with Crippen molar-refractivity contribution in [2.45, 2.75) is 33.0 Å². The van der Waals surface area contributed by atoms with Gasteiger partial charge in [0.1, 0.15) is 17.7 Å². The molecule has 0 fully saturated rings. The van der Waals surface area contributed by atoms with Gasteiger partial charge in [0.05, 0.1) is 25.3 Å². The van der Waals surface area contributed by atoms with Crippen molar-refractivity contribution in [2.24, 2.45) is 0 Å². The van der Waals surface area contributed by atoms with Crippen LogP contribution in [0.1, 0.15) is 18.6 Å². The summed E-state index contributed by atoms with van der Waals surface area (Å²) in [5, 5.41) is 19.9. The smallest absolute Gasteiger partial charge is 0.322 e. The van der Waals surface area contributed by atoms with Crippen molar-refractivity contribution in [2.75, 3.05) is 18.0 Å². The second-order valence-electron chi connectivity index (χ2n) is 7.17. The topological polar surface area (TPSA) is 91.6 Å². The highest BCUT2D eigenvalue weighted by Crippen LogP contribution is 2.27. The number of hydrogen-bond acceptors (Lipinski definition) is 5. The maximum Gasteiger partial charge on any atom is 0.322 e. The average Bonchev–Trinajstić information content (AvgIpc) is 3.08. The number of hydrogen-bond donors (Lipinski definition) is 1. The maximum atomic E-state index is 13.2. The van der Waals surface area contributed by atoms with Crippen molar-refractivity contribution in [3.05, 3.63) is 54.1 Å². The van der Waals surface area contributed by atoms with Gasteiger partial charge in [-0.25, -0.2) is 0 Å². The number of carboxylic acids is 1. The van der Waals surface area contributed by atoms with Gasteiger partial charge in [-0.3, -0.25) is 14.5 Å². The molecule has 0 aliphatic carbocycles. The zero-order valence-electron chi connectivity index (χ0n) is 16.4. The lowest BCUT2D eigenvalue weighted by Crippen LogP contribution is -2.52. The predicted octanol–water partition coefficient (Wildman–Crippen LogP) is 2.06. The van der Waals surface area contributed by atoms with Crippen molar-refractivity contribution in [1.29, 1.82) is 0 Å². The van der Waals surface area contributed by atoms with E-state index in [-0.39, 0.29) is 25.5 Å². The lowest BCUT2D eigenvalue weighted by molar-refractivity contribution is -0.145. The number of nitrogens with zero attached hydrogens (tertiary/aromatic N) is 5. The zero-order chi connectivity index (χ0) is 20.5. The molecule has 3 aromatic rings. The van der Waals surface area contributed by atoms with Gasteiger partial charge in [0.2, 0.25) is 5.91 Å². The number of aryl methyl sites for hydroxylation is 1. The number of amides is 1. The Morgan fingerprint density at radius 1 is 1.17 bits per heavy atom. The zero-order valence-corrected chi connectivity index (χ0v) is 16.4. The maximum absolute atomic E-state index is 13.2. The Morgan fingerprint density at radius 3 is 2.69 bits per heavy atom. The molecule has 150 valence electrons. The van der Waals surface area contributed by atoms with Gasteiger partial charge in [-0.2, -0.15) is 0 Å². The average molecular weight is 393 g/mol. The van der Waals surface area contributed by atoms with Crippen LogP contribution in [-0.2, 0) is 22.7 Å². The number of rotatable bonds is 5. The van der Waals surface area contributed by atoms with Gasteiger partial charge in [0.25, 0.3) is 0 Å². The van der Waals surface area contributed by atoms with Gasteiger partial charge in [-0.15, -0.1) is 10.2 Å². The van der Waals surface area contributed by atoms with Crippen molar-refractivity contribution in [3.63, 3.8) is 0 Å². The van der Waals surface area contributed by atoms with Crippen LogP contribution < -0.4 is 4.90 Å². The van der Waals surface area contributed by atoms with Gasteiger partial charge < -0.3 is 14.6 Å². The third kappa shape index (κ3) is 3.47. The molecular weight excluding hydrogens is 370 g/mol. The molecule has 0 radical (unpaired) electrons. The highest BCUT2D eigenvalue weighted by Gasteiger charge is 2.35. The summed E-state index contributed by atoms with van der Waals surface area (Å²) in [5.41, 5.74) is 0.832. The summed E-state index contributed by atoms with van der Waals surface area (Å²) >= 11 is 0. The molecule has 0 spiro atoms. The molecule has 29 heavy (non-hydrogen) atoms. The van der Waals surface area contributed by atoms with Gasteiger partial charge in [0, 0.05) is 11.9 Å². The highest BCUT2D eigenvalue weighted by atomic mass is 16.4. The van der Waals surface area contributed by atoms with E-state index in [2.05, 4.69) is 10.2 Å². The normalized spacial score (nSPS) is 16.6. The van der Waals surface area contributed by atoms with Crippen LogP contribution in [0, 0.1) is 6.92 Å². The minimum atomic E-state index is -0.954. The van der Waals surface area contributed by atoms with E-state index in [9.17, 15) is 14.7 Å². The van der Waals surface area contributed by atoms with Gasteiger partial charge in [-0.1, -0.05) is 36.4 Å². The highest BCUT2D eigenvalue weighted by molar-refractivity contribution is 6.04. The van der Waals surface area contributed by atoms with Crippen LogP contribution in [0.25, 0.3) is 10.8 Å². The molecule has 1 aromatic heterocycles. The number of anilines is 1. The Balaban J connectivity index is 1.62. The second-order valence-corrected chi connectivity index (χ2v) is 7.17. The Morgan fingerprint density at radius 2 is 1.93 bits per heavy atom. The van der Waals surface area contributed by atoms with Crippen LogP contribution in [0.4, 0.5) is 5.69 Å². The number of likely N-dealkylation sites (N-methyl/N-ethyl adjacent to an activating group) is 1. The van der Waals surface area contributed by atoms with Crippen molar-refractivity contribution < 1.29 is 14.7 Å². The van der Waals surface area contributed by atoms with Crippen LogP contribution in [-0.4, -0.2) is 55.8 Å². The molecule has 1 amide bonds. The first-order chi connectivity index (χ1) is 14.0. The fourth-order valence-corrected chi connectivity index (χ4v) is 3.94. The standard InChI is InChI=1S/C21H23N5O3/c1-3-25(17-10-6-8-15-7-4-5-9-16(15)17)20(27)13-24-12-19-23-22-14(2)26(19)11-18(24)21(28)29/h4-10,18H,3,11-13H2,1-2H3,(H,28,29). The predicted molar refractivity (Wildman–Crippen MR) is 109 cm³/mol. The molecule has 0 bridgehead atoms. The van der Waals surface area contributed by atoms with Gasteiger partial charge >= 0.3 is 5.97 Å². The lowest BCUT2D eigenvalue weighted by Gasteiger charge is -2.34. The number of carbonyl (C=O) groups is 2. The third-order valence-corrected chi connectivity index (χ3v) is 5.45. The summed E-state index contributed by atoms with van der Waals surface area (Å²) in [5.74, 6) is 0.272. The molecular formula is C21H23N5O3. The Labute approximate surface area is 168 Å². The van der Waals surface area contributed by atoms with Crippen LogP contribution in [0.15, 0.2) is 42.5 Å². The molecule has 2 heterocycles. The molecule has 4 rings (SSSR count). The van der Waals surface area contributed by atoms with Crippen LogP contribution >= 0.6 is 0 Å². The Kier molecular flexibility index (Phi) is 5.02. The fourth-order valence-electron chi connectivity index (χ4n) is 3.94. The number of aliphatic carboxylic acids is 1. The first-order valence-electron chi connectivity index (χ1n) is 9.63. The quantitative estimate of drug-likeness (QED) is 0.713.